The van der Waals surface area contributed by atoms with Crippen LogP contribution in [0, 0.1) is 5.92 Å². The Bertz CT molecular complexity index is 1550. The van der Waals surface area contributed by atoms with Gasteiger partial charge in [0.05, 0.1) is 5.69 Å². The molecule has 0 radical (unpaired) electrons. The summed E-state index contributed by atoms with van der Waals surface area (Å²) < 4.78 is 0. The predicted molar refractivity (Wildman–Crippen MR) is 163 cm³/mol. The number of benzene rings is 1. The van der Waals surface area contributed by atoms with Crippen LogP contribution >= 0.6 is 0 Å². The van der Waals surface area contributed by atoms with Crippen molar-refractivity contribution in [2.45, 2.75) is 82.8 Å². The molecule has 1 saturated carbocycles. The third-order valence-electron chi connectivity index (χ3n) is 9.74. The topological polar surface area (TPSA) is 115 Å². The molecule has 1 amide bonds. The zero-order valence-electron chi connectivity index (χ0n) is 24.9. The number of aryl methyl sites for hydroxylation is 2. The number of hydrogen-bond acceptors (Lipinski definition) is 8. The SMILES string of the molecule is CCC1(O)CCc2ccc(Nc3nc(Nc4cc5c6c(c4)CN(C)CC6(C)CCC5)ncc3C(=O)NCC3CC3)nc21. The number of aromatic nitrogens is 3. The standard InChI is InChI=1S/C33H41N7O2/c1-4-33(42)13-11-21-9-10-26(37-28(21)33)38-29-25(30(41)34-16-20-7-8-20)17-35-31(39-29)36-24-14-22-6-5-12-32(2)19-40(3)18-23(15-24)27(22)32/h9-10,14-15,17,20,42H,4-8,11-13,16,18-19H2,1-3H3,(H,34,41)(H2,35,36,37,38,39). The van der Waals surface area contributed by atoms with Gasteiger partial charge in [0, 0.05) is 36.9 Å². The largest absolute Gasteiger partial charge is 0.384 e. The molecule has 2 aromatic heterocycles. The van der Waals surface area contributed by atoms with Crippen LogP contribution in [0.5, 0.6) is 0 Å². The first-order valence-corrected chi connectivity index (χ1v) is 15.5. The van der Waals surface area contributed by atoms with Gasteiger partial charge >= 0.3 is 0 Å². The summed E-state index contributed by atoms with van der Waals surface area (Å²) in [5.41, 5.74) is 6.69. The first kappa shape index (κ1) is 27.3. The summed E-state index contributed by atoms with van der Waals surface area (Å²) >= 11 is 0. The minimum atomic E-state index is -0.924. The number of nitrogens with one attached hydrogen (secondary N) is 3. The number of likely N-dealkylation sites (N-methyl/N-ethyl adjacent to an activating group) is 1. The van der Waals surface area contributed by atoms with Crippen LogP contribution in [-0.2, 0) is 30.4 Å². The molecule has 2 unspecified atom stereocenters. The molecular formula is C33H41N7O2. The molecule has 3 heterocycles. The predicted octanol–water partition coefficient (Wildman–Crippen LogP) is 5.08. The molecule has 3 aromatic rings. The van der Waals surface area contributed by atoms with E-state index in [1.807, 2.05) is 19.1 Å². The third-order valence-corrected chi connectivity index (χ3v) is 9.74. The van der Waals surface area contributed by atoms with Crippen LogP contribution in [0.25, 0.3) is 0 Å². The molecule has 1 aromatic carbocycles. The number of fused-ring (bicyclic) bond motifs is 1. The summed E-state index contributed by atoms with van der Waals surface area (Å²) in [6.45, 7) is 7.06. The highest BCUT2D eigenvalue weighted by atomic mass is 16.3. The Balaban J connectivity index is 1.21. The number of hydrogen-bond donors (Lipinski definition) is 4. The number of amides is 1. The van der Waals surface area contributed by atoms with Crippen molar-refractivity contribution in [2.24, 2.45) is 5.92 Å². The van der Waals surface area contributed by atoms with Crippen molar-refractivity contribution in [3.8, 4) is 0 Å². The van der Waals surface area contributed by atoms with Gasteiger partial charge in [-0.15, -0.1) is 0 Å². The molecule has 1 fully saturated rings. The van der Waals surface area contributed by atoms with Crippen LogP contribution in [0.15, 0.2) is 30.5 Å². The normalized spacial score (nSPS) is 24.6. The minimum Gasteiger partial charge on any atom is -0.384 e. The van der Waals surface area contributed by atoms with Crippen molar-refractivity contribution in [2.75, 3.05) is 30.8 Å². The maximum Gasteiger partial charge on any atom is 0.256 e. The first-order chi connectivity index (χ1) is 20.2. The van der Waals surface area contributed by atoms with Crippen molar-refractivity contribution in [3.05, 3.63) is 64.0 Å². The van der Waals surface area contributed by atoms with Crippen molar-refractivity contribution >= 4 is 29.2 Å². The van der Waals surface area contributed by atoms with Gasteiger partial charge in [0.1, 0.15) is 22.8 Å². The Morgan fingerprint density at radius 3 is 2.74 bits per heavy atom. The van der Waals surface area contributed by atoms with Crippen LogP contribution in [0.2, 0.25) is 0 Å². The summed E-state index contributed by atoms with van der Waals surface area (Å²) in [4.78, 5) is 29.8. The summed E-state index contributed by atoms with van der Waals surface area (Å²) in [7, 11) is 2.20. The van der Waals surface area contributed by atoms with Gasteiger partial charge in [0.25, 0.3) is 5.91 Å². The van der Waals surface area contributed by atoms with E-state index in [9.17, 15) is 9.90 Å². The second-order valence-electron chi connectivity index (χ2n) is 13.2. The van der Waals surface area contributed by atoms with Crippen LogP contribution < -0.4 is 16.0 Å². The fourth-order valence-corrected chi connectivity index (χ4v) is 7.41. The highest BCUT2D eigenvalue weighted by Gasteiger charge is 2.39. The molecule has 1 aliphatic heterocycles. The van der Waals surface area contributed by atoms with Crippen molar-refractivity contribution < 1.29 is 9.90 Å². The Morgan fingerprint density at radius 1 is 1.10 bits per heavy atom. The van der Waals surface area contributed by atoms with Gasteiger partial charge in [-0.2, -0.15) is 4.98 Å². The Kier molecular flexibility index (Phi) is 6.70. The fraction of sp³-hybridized carbons (Fsp3) is 0.515. The molecule has 220 valence electrons. The zero-order chi connectivity index (χ0) is 29.1. The monoisotopic (exact) mass is 567 g/mol. The molecule has 7 rings (SSSR count). The number of anilines is 4. The molecule has 0 bridgehead atoms. The molecule has 4 aliphatic rings. The first-order valence-electron chi connectivity index (χ1n) is 15.5. The molecular weight excluding hydrogens is 526 g/mol. The lowest BCUT2D eigenvalue weighted by Gasteiger charge is -2.45. The second kappa shape index (κ2) is 10.3. The second-order valence-corrected chi connectivity index (χ2v) is 13.2. The average molecular weight is 568 g/mol. The van der Waals surface area contributed by atoms with Crippen LogP contribution in [-0.4, -0.2) is 51.0 Å². The highest BCUT2D eigenvalue weighted by molar-refractivity contribution is 5.99. The number of rotatable bonds is 8. The van der Waals surface area contributed by atoms with Gasteiger partial charge in [-0.25, -0.2) is 9.97 Å². The van der Waals surface area contributed by atoms with E-state index < -0.39 is 5.60 Å². The number of carbonyl (C=O) groups excluding carboxylic acids is 1. The molecule has 0 spiro atoms. The van der Waals surface area contributed by atoms with Crippen LogP contribution in [0.4, 0.5) is 23.3 Å². The molecule has 9 nitrogen and oxygen atoms in total. The quantitative estimate of drug-likeness (QED) is 0.298. The smallest absolute Gasteiger partial charge is 0.256 e. The number of nitrogens with zero attached hydrogens (tertiary/aromatic N) is 4. The highest BCUT2D eigenvalue weighted by Crippen LogP contribution is 2.44. The lowest BCUT2D eigenvalue weighted by molar-refractivity contribution is 0.0307. The summed E-state index contributed by atoms with van der Waals surface area (Å²) in [6.07, 6.45) is 9.47. The number of carbonyl (C=O) groups is 1. The van der Waals surface area contributed by atoms with Crippen LogP contribution in [0.3, 0.4) is 0 Å². The lowest BCUT2D eigenvalue weighted by Crippen LogP contribution is -2.44. The van der Waals surface area contributed by atoms with E-state index in [-0.39, 0.29) is 11.3 Å². The summed E-state index contributed by atoms with van der Waals surface area (Å²) in [5.74, 6) is 1.70. The number of pyridine rings is 1. The average Bonchev–Trinajstić information content (AvgIpc) is 3.73. The fourth-order valence-electron chi connectivity index (χ4n) is 7.41. The van der Waals surface area contributed by atoms with Crippen molar-refractivity contribution in [3.63, 3.8) is 0 Å². The van der Waals surface area contributed by atoms with Gasteiger partial charge in [-0.05, 0) is 105 Å². The zero-order valence-corrected chi connectivity index (χ0v) is 24.9. The van der Waals surface area contributed by atoms with Crippen molar-refractivity contribution in [1.82, 2.24) is 25.2 Å². The molecule has 0 saturated heterocycles. The van der Waals surface area contributed by atoms with E-state index in [0.29, 0.717) is 54.1 Å². The van der Waals surface area contributed by atoms with Crippen LogP contribution in [0.1, 0.15) is 90.7 Å². The minimum absolute atomic E-state index is 0.199. The maximum absolute atomic E-state index is 13.2. The Hall–Kier alpha value is -3.56. The molecule has 42 heavy (non-hydrogen) atoms. The molecule has 2 atom stereocenters. The van der Waals surface area contributed by atoms with Gasteiger partial charge in [-0.1, -0.05) is 19.9 Å². The van der Waals surface area contributed by atoms with E-state index >= 15 is 0 Å². The van der Waals surface area contributed by atoms with E-state index in [2.05, 4.69) is 51.9 Å². The Morgan fingerprint density at radius 2 is 1.93 bits per heavy atom. The summed E-state index contributed by atoms with van der Waals surface area (Å²) in [5, 5.41) is 20.9. The number of aliphatic hydroxyl groups is 1. The maximum atomic E-state index is 13.2. The van der Waals surface area contributed by atoms with Gasteiger partial charge in [0.2, 0.25) is 5.95 Å². The van der Waals surface area contributed by atoms with Gasteiger partial charge < -0.3 is 26.0 Å². The summed E-state index contributed by atoms with van der Waals surface area (Å²) in [6, 6.07) is 8.39. The van der Waals surface area contributed by atoms with Crippen molar-refractivity contribution in [1.29, 1.82) is 0 Å². The van der Waals surface area contributed by atoms with E-state index in [0.717, 1.165) is 50.0 Å². The van der Waals surface area contributed by atoms with Gasteiger partial charge in [-0.3, -0.25) is 4.79 Å². The lowest BCUT2D eigenvalue weighted by atomic mass is 9.67. The Labute approximate surface area is 247 Å². The molecule has 3 aliphatic carbocycles. The molecule has 4 N–H and O–H groups in total. The molecule has 9 heteroatoms. The van der Waals surface area contributed by atoms with Gasteiger partial charge in [0.15, 0.2) is 0 Å². The third kappa shape index (κ3) is 5.02. The van der Waals surface area contributed by atoms with E-state index in [1.165, 1.54) is 29.5 Å². The van der Waals surface area contributed by atoms with E-state index in [1.54, 1.807) is 6.20 Å². The van der Waals surface area contributed by atoms with E-state index in [4.69, 9.17) is 9.97 Å².